The Balaban J connectivity index is 3.07. The smallest absolute Gasteiger partial charge is 0.156 e. The summed E-state index contributed by atoms with van der Waals surface area (Å²) in [6.07, 6.45) is 1.11. The average molecular weight is 272 g/mol. The molecular formula is C12H18BrNO. The van der Waals surface area contributed by atoms with Crippen molar-refractivity contribution in [1.29, 1.82) is 0 Å². The van der Waals surface area contributed by atoms with Crippen LogP contribution >= 0.6 is 15.9 Å². The van der Waals surface area contributed by atoms with E-state index in [0.717, 1.165) is 16.6 Å². The molecule has 1 atom stereocenters. The summed E-state index contributed by atoms with van der Waals surface area (Å²) in [5.74, 6) is 1.28. The highest BCUT2D eigenvalue weighted by molar-refractivity contribution is 9.10. The summed E-state index contributed by atoms with van der Waals surface area (Å²) in [7, 11) is 0. The monoisotopic (exact) mass is 271 g/mol. The minimum atomic E-state index is 0.527. The molecule has 0 aliphatic rings. The van der Waals surface area contributed by atoms with E-state index in [9.17, 15) is 0 Å². The number of ether oxygens (including phenoxy) is 1. The molecule has 0 saturated carbocycles. The number of halogens is 1. The van der Waals surface area contributed by atoms with Gasteiger partial charge in [-0.3, -0.25) is 0 Å². The van der Waals surface area contributed by atoms with Gasteiger partial charge >= 0.3 is 0 Å². The largest absolute Gasteiger partial charge is 0.491 e. The van der Waals surface area contributed by atoms with Crippen molar-refractivity contribution in [2.75, 3.05) is 12.3 Å². The van der Waals surface area contributed by atoms with Crippen LogP contribution in [0, 0.1) is 0 Å². The van der Waals surface area contributed by atoms with Crippen LogP contribution in [-0.2, 0) is 0 Å². The molecule has 0 fully saturated rings. The van der Waals surface area contributed by atoms with Crippen molar-refractivity contribution in [2.45, 2.75) is 33.1 Å². The van der Waals surface area contributed by atoms with Crippen molar-refractivity contribution < 1.29 is 4.74 Å². The van der Waals surface area contributed by atoms with Gasteiger partial charge in [-0.25, -0.2) is 0 Å². The Bertz CT molecular complexity index is 315. The zero-order valence-electron chi connectivity index (χ0n) is 9.51. The molecule has 0 bridgehead atoms. The molecule has 3 heteroatoms. The van der Waals surface area contributed by atoms with Gasteiger partial charge in [-0.2, -0.15) is 0 Å². The van der Waals surface area contributed by atoms with Crippen LogP contribution in [0.3, 0.4) is 0 Å². The SMILES string of the molecule is CCOc1c(N)cc(C(C)CC)cc1Br. The fraction of sp³-hybridized carbons (Fsp3) is 0.500. The molecule has 1 aromatic rings. The van der Waals surface area contributed by atoms with Crippen molar-refractivity contribution >= 4 is 21.6 Å². The lowest BCUT2D eigenvalue weighted by atomic mass is 9.98. The Kier molecular flexibility index (Phi) is 4.45. The minimum absolute atomic E-state index is 0.527. The van der Waals surface area contributed by atoms with Crippen molar-refractivity contribution in [3.63, 3.8) is 0 Å². The Hall–Kier alpha value is -0.700. The van der Waals surface area contributed by atoms with E-state index < -0.39 is 0 Å². The maximum absolute atomic E-state index is 5.95. The summed E-state index contributed by atoms with van der Waals surface area (Å²) in [5.41, 5.74) is 7.91. The average Bonchev–Trinajstić information content (AvgIpc) is 2.22. The van der Waals surface area contributed by atoms with Gasteiger partial charge in [-0.1, -0.05) is 13.8 Å². The Morgan fingerprint density at radius 3 is 2.53 bits per heavy atom. The first-order chi connectivity index (χ1) is 7.10. The fourth-order valence-corrected chi connectivity index (χ4v) is 2.06. The molecule has 0 radical (unpaired) electrons. The third kappa shape index (κ3) is 2.88. The fourth-order valence-electron chi connectivity index (χ4n) is 1.45. The van der Waals surface area contributed by atoms with Gasteiger partial charge in [0.25, 0.3) is 0 Å². The third-order valence-corrected chi connectivity index (χ3v) is 3.15. The molecular weight excluding hydrogens is 254 g/mol. The summed E-state index contributed by atoms with van der Waals surface area (Å²) in [6.45, 7) is 6.95. The van der Waals surface area contributed by atoms with Gasteiger partial charge in [0, 0.05) is 0 Å². The predicted octanol–water partition coefficient (Wildman–Crippen LogP) is 3.94. The number of nitrogens with two attached hydrogens (primary N) is 1. The maximum Gasteiger partial charge on any atom is 0.156 e. The first kappa shape index (κ1) is 12.4. The zero-order valence-corrected chi connectivity index (χ0v) is 11.1. The van der Waals surface area contributed by atoms with Crippen molar-refractivity contribution in [1.82, 2.24) is 0 Å². The van der Waals surface area contributed by atoms with Crippen LogP contribution in [0.25, 0.3) is 0 Å². The van der Waals surface area contributed by atoms with Gasteiger partial charge < -0.3 is 10.5 Å². The summed E-state index contributed by atoms with van der Waals surface area (Å²) in [6, 6.07) is 4.10. The molecule has 2 nitrogen and oxygen atoms in total. The molecule has 2 N–H and O–H groups in total. The highest BCUT2D eigenvalue weighted by atomic mass is 79.9. The van der Waals surface area contributed by atoms with Gasteiger partial charge in [0.2, 0.25) is 0 Å². The van der Waals surface area contributed by atoms with Gasteiger partial charge in [0.1, 0.15) is 0 Å². The van der Waals surface area contributed by atoms with Crippen LogP contribution in [0.1, 0.15) is 38.7 Å². The van der Waals surface area contributed by atoms with Crippen LogP contribution in [0.15, 0.2) is 16.6 Å². The zero-order chi connectivity index (χ0) is 11.4. The van der Waals surface area contributed by atoms with E-state index in [1.165, 1.54) is 5.56 Å². The number of anilines is 1. The van der Waals surface area contributed by atoms with Crippen molar-refractivity contribution in [3.05, 3.63) is 22.2 Å². The van der Waals surface area contributed by atoms with E-state index in [4.69, 9.17) is 10.5 Å². The quantitative estimate of drug-likeness (QED) is 0.842. The van der Waals surface area contributed by atoms with Gasteiger partial charge in [0.15, 0.2) is 5.75 Å². The minimum Gasteiger partial charge on any atom is -0.491 e. The lowest BCUT2D eigenvalue weighted by Crippen LogP contribution is -2.00. The molecule has 84 valence electrons. The second kappa shape index (κ2) is 5.40. The number of benzene rings is 1. The number of hydrogen-bond donors (Lipinski definition) is 1. The molecule has 0 aromatic heterocycles. The molecule has 0 spiro atoms. The van der Waals surface area contributed by atoms with Crippen molar-refractivity contribution in [2.24, 2.45) is 0 Å². The molecule has 0 aliphatic heterocycles. The van der Waals surface area contributed by atoms with E-state index in [1.54, 1.807) is 0 Å². The summed E-state index contributed by atoms with van der Waals surface area (Å²) in [5, 5.41) is 0. The van der Waals surface area contributed by atoms with Gasteiger partial charge in [-0.05, 0) is 52.9 Å². The van der Waals surface area contributed by atoms with E-state index in [1.807, 2.05) is 13.0 Å². The van der Waals surface area contributed by atoms with E-state index in [2.05, 4.69) is 35.8 Å². The topological polar surface area (TPSA) is 35.2 Å². The number of nitrogen functional groups attached to an aromatic ring is 1. The van der Waals surface area contributed by atoms with Gasteiger partial charge in [-0.15, -0.1) is 0 Å². The third-order valence-electron chi connectivity index (χ3n) is 2.56. The second-order valence-electron chi connectivity index (χ2n) is 3.66. The van der Waals surface area contributed by atoms with Crippen molar-refractivity contribution in [3.8, 4) is 5.75 Å². The van der Waals surface area contributed by atoms with Crippen LogP contribution in [0.4, 0.5) is 5.69 Å². The Morgan fingerprint density at radius 2 is 2.07 bits per heavy atom. The first-order valence-corrected chi connectivity index (χ1v) is 6.11. The number of hydrogen-bond acceptors (Lipinski definition) is 2. The molecule has 0 aliphatic carbocycles. The van der Waals surface area contributed by atoms with E-state index >= 15 is 0 Å². The highest BCUT2D eigenvalue weighted by Gasteiger charge is 2.11. The normalized spacial score (nSPS) is 12.5. The molecule has 0 amide bonds. The van der Waals surface area contributed by atoms with Crippen LogP contribution in [-0.4, -0.2) is 6.61 Å². The maximum atomic E-state index is 5.95. The van der Waals surface area contributed by atoms with E-state index in [0.29, 0.717) is 18.2 Å². The van der Waals surface area contributed by atoms with Gasteiger partial charge in [0.05, 0.1) is 16.8 Å². The summed E-state index contributed by atoms with van der Waals surface area (Å²) in [4.78, 5) is 0. The molecule has 0 heterocycles. The Morgan fingerprint density at radius 1 is 1.40 bits per heavy atom. The number of rotatable bonds is 4. The van der Waals surface area contributed by atoms with Crippen LogP contribution in [0.2, 0.25) is 0 Å². The summed E-state index contributed by atoms with van der Waals surface area (Å²) < 4.78 is 6.41. The molecule has 1 unspecified atom stereocenters. The molecule has 15 heavy (non-hydrogen) atoms. The lowest BCUT2D eigenvalue weighted by Gasteiger charge is -2.14. The predicted molar refractivity (Wildman–Crippen MR) is 68.4 cm³/mol. The Labute approximate surface area is 99.9 Å². The van der Waals surface area contributed by atoms with E-state index in [-0.39, 0.29) is 0 Å². The first-order valence-electron chi connectivity index (χ1n) is 5.31. The lowest BCUT2D eigenvalue weighted by molar-refractivity contribution is 0.340. The summed E-state index contributed by atoms with van der Waals surface area (Å²) >= 11 is 3.49. The standard InChI is InChI=1S/C12H18BrNO/c1-4-8(3)9-6-10(13)12(15-5-2)11(14)7-9/h6-8H,4-5,14H2,1-3H3. The van der Waals surface area contributed by atoms with Crippen LogP contribution in [0.5, 0.6) is 5.75 Å². The molecule has 1 rings (SSSR count). The van der Waals surface area contributed by atoms with Crippen LogP contribution < -0.4 is 10.5 Å². The molecule has 0 saturated heterocycles. The molecule has 1 aromatic carbocycles. The second-order valence-corrected chi connectivity index (χ2v) is 4.52. The highest BCUT2D eigenvalue weighted by Crippen LogP contribution is 2.35.